The van der Waals surface area contributed by atoms with E-state index in [4.69, 9.17) is 0 Å². The minimum absolute atomic E-state index is 0.00202. The minimum atomic E-state index is -0.459. The topological polar surface area (TPSA) is 96.3 Å². The van der Waals surface area contributed by atoms with Gasteiger partial charge >= 0.3 is 0 Å². The molecule has 0 radical (unpaired) electrons. The summed E-state index contributed by atoms with van der Waals surface area (Å²) in [7, 11) is 0. The highest BCUT2D eigenvalue weighted by atomic mass is 16.6. The molecule has 3 atom stereocenters. The number of nitro groups is 1. The van der Waals surface area contributed by atoms with E-state index >= 15 is 0 Å². The molecular weight excluding hydrogens is 320 g/mol. The number of nitro benzene ring substituents is 1. The number of benzene rings is 1. The van der Waals surface area contributed by atoms with Crippen molar-refractivity contribution in [3.05, 3.63) is 39.9 Å². The molecule has 136 valence electrons. The van der Waals surface area contributed by atoms with Gasteiger partial charge in [-0.3, -0.25) is 14.9 Å². The predicted octanol–water partition coefficient (Wildman–Crippen LogP) is 1.98. The van der Waals surface area contributed by atoms with Crippen LogP contribution in [0.3, 0.4) is 0 Å². The molecule has 0 bridgehead atoms. The van der Waals surface area contributed by atoms with Crippen molar-refractivity contribution in [2.45, 2.75) is 56.7 Å². The fourth-order valence-electron chi connectivity index (χ4n) is 3.76. The standard InChI is InChI=1S/C18H26N4O3/c23-18(13-7-9-15(10-8-13)22(24)25)21-17-6-2-1-5-16(17)20-12-14-4-3-11-19-14/h7-10,14,16-17,19-20H,1-6,11-12H2,(H,21,23)/t14-,16+,17+/m0/s1. The van der Waals surface area contributed by atoms with Crippen molar-refractivity contribution in [1.82, 2.24) is 16.0 Å². The third kappa shape index (κ3) is 4.76. The fraction of sp³-hybridized carbons (Fsp3) is 0.611. The molecule has 1 aromatic rings. The second kappa shape index (κ2) is 8.40. The van der Waals surface area contributed by atoms with Crippen molar-refractivity contribution >= 4 is 11.6 Å². The summed E-state index contributed by atoms with van der Waals surface area (Å²) < 4.78 is 0. The average molecular weight is 346 g/mol. The van der Waals surface area contributed by atoms with Crippen molar-refractivity contribution in [3.63, 3.8) is 0 Å². The van der Waals surface area contributed by atoms with Gasteiger partial charge in [0.1, 0.15) is 0 Å². The van der Waals surface area contributed by atoms with Crippen LogP contribution in [0.15, 0.2) is 24.3 Å². The Hall–Kier alpha value is -1.99. The van der Waals surface area contributed by atoms with E-state index in [2.05, 4.69) is 16.0 Å². The SMILES string of the molecule is O=C(N[C@@H]1CCCC[C@H]1NC[C@@H]1CCCN1)c1ccc([N+](=O)[O-])cc1. The molecule has 2 aliphatic rings. The Morgan fingerprint density at radius 1 is 1.12 bits per heavy atom. The molecule has 2 fully saturated rings. The summed E-state index contributed by atoms with van der Waals surface area (Å²) in [4.78, 5) is 22.7. The Labute approximate surface area is 147 Å². The van der Waals surface area contributed by atoms with E-state index in [-0.39, 0.29) is 23.7 Å². The Morgan fingerprint density at radius 2 is 1.84 bits per heavy atom. The van der Waals surface area contributed by atoms with Gasteiger partial charge in [0.2, 0.25) is 0 Å². The Bertz CT molecular complexity index is 599. The first-order chi connectivity index (χ1) is 12.1. The van der Waals surface area contributed by atoms with Crippen molar-refractivity contribution in [1.29, 1.82) is 0 Å². The minimum Gasteiger partial charge on any atom is -0.348 e. The number of nitrogens with zero attached hydrogens (tertiary/aromatic N) is 1. The van der Waals surface area contributed by atoms with E-state index in [1.807, 2.05) is 0 Å². The molecule has 7 heteroatoms. The van der Waals surface area contributed by atoms with Crippen LogP contribution in [0.2, 0.25) is 0 Å². The van der Waals surface area contributed by atoms with Crippen molar-refractivity contribution in [2.75, 3.05) is 13.1 Å². The van der Waals surface area contributed by atoms with Crippen molar-refractivity contribution < 1.29 is 9.72 Å². The highest BCUT2D eigenvalue weighted by Gasteiger charge is 2.27. The number of carbonyl (C=O) groups is 1. The van der Waals surface area contributed by atoms with E-state index in [0.717, 1.165) is 32.4 Å². The average Bonchev–Trinajstić information content (AvgIpc) is 3.14. The molecular formula is C18H26N4O3. The first kappa shape index (κ1) is 17.8. The quantitative estimate of drug-likeness (QED) is 0.541. The Balaban J connectivity index is 1.56. The lowest BCUT2D eigenvalue weighted by Gasteiger charge is -2.33. The van der Waals surface area contributed by atoms with Crippen molar-refractivity contribution in [2.24, 2.45) is 0 Å². The van der Waals surface area contributed by atoms with Crippen LogP contribution in [0.25, 0.3) is 0 Å². The predicted molar refractivity (Wildman–Crippen MR) is 95.6 cm³/mol. The van der Waals surface area contributed by atoms with Crippen LogP contribution in [-0.2, 0) is 0 Å². The first-order valence-corrected chi connectivity index (χ1v) is 9.15. The summed E-state index contributed by atoms with van der Waals surface area (Å²) in [5.41, 5.74) is 0.463. The molecule has 25 heavy (non-hydrogen) atoms. The van der Waals surface area contributed by atoms with Gasteiger partial charge in [-0.1, -0.05) is 12.8 Å². The van der Waals surface area contributed by atoms with Gasteiger partial charge in [0.15, 0.2) is 0 Å². The fourth-order valence-corrected chi connectivity index (χ4v) is 3.76. The van der Waals surface area contributed by atoms with Crippen LogP contribution in [-0.4, -0.2) is 42.0 Å². The van der Waals surface area contributed by atoms with E-state index in [1.54, 1.807) is 0 Å². The zero-order chi connectivity index (χ0) is 17.6. The molecule has 0 spiro atoms. The molecule has 7 nitrogen and oxygen atoms in total. The van der Waals surface area contributed by atoms with Gasteiger partial charge in [-0.15, -0.1) is 0 Å². The lowest BCUT2D eigenvalue weighted by molar-refractivity contribution is -0.384. The van der Waals surface area contributed by atoms with Gasteiger partial charge in [-0.2, -0.15) is 0 Å². The largest absolute Gasteiger partial charge is 0.348 e. The monoisotopic (exact) mass is 346 g/mol. The van der Waals surface area contributed by atoms with Gasteiger partial charge in [0, 0.05) is 42.4 Å². The molecule has 0 aromatic heterocycles. The number of carbonyl (C=O) groups excluding carboxylic acids is 1. The van der Waals surface area contributed by atoms with Crippen LogP contribution >= 0.6 is 0 Å². The van der Waals surface area contributed by atoms with E-state index < -0.39 is 4.92 Å². The first-order valence-electron chi connectivity index (χ1n) is 9.15. The molecule has 1 aliphatic heterocycles. The van der Waals surface area contributed by atoms with E-state index in [9.17, 15) is 14.9 Å². The van der Waals surface area contributed by atoms with E-state index in [0.29, 0.717) is 11.6 Å². The van der Waals surface area contributed by atoms with Gasteiger partial charge in [0.05, 0.1) is 4.92 Å². The van der Waals surface area contributed by atoms with Crippen molar-refractivity contribution in [3.8, 4) is 0 Å². The molecule has 1 amide bonds. The smallest absolute Gasteiger partial charge is 0.269 e. The molecule has 1 saturated carbocycles. The Kier molecular flexibility index (Phi) is 5.99. The maximum Gasteiger partial charge on any atom is 0.269 e. The molecule has 1 aromatic carbocycles. The molecule has 0 unspecified atom stereocenters. The summed E-state index contributed by atoms with van der Waals surface area (Å²) in [6.07, 6.45) is 6.77. The lowest BCUT2D eigenvalue weighted by atomic mass is 9.89. The summed E-state index contributed by atoms with van der Waals surface area (Å²) in [6, 6.07) is 6.71. The maximum atomic E-state index is 12.5. The van der Waals surface area contributed by atoms with Crippen LogP contribution in [0.4, 0.5) is 5.69 Å². The second-order valence-corrected chi connectivity index (χ2v) is 6.98. The molecule has 1 saturated heterocycles. The summed E-state index contributed by atoms with van der Waals surface area (Å²) in [5, 5.41) is 20.9. The van der Waals surface area contributed by atoms with Crippen LogP contribution in [0, 0.1) is 10.1 Å². The molecule has 3 N–H and O–H groups in total. The van der Waals surface area contributed by atoms with E-state index in [1.165, 1.54) is 43.5 Å². The number of hydrogen-bond acceptors (Lipinski definition) is 5. The molecule has 3 rings (SSSR count). The highest BCUT2D eigenvalue weighted by molar-refractivity contribution is 5.94. The Morgan fingerprint density at radius 3 is 2.48 bits per heavy atom. The van der Waals surface area contributed by atoms with Crippen LogP contribution in [0.1, 0.15) is 48.9 Å². The van der Waals surface area contributed by atoms with Gasteiger partial charge in [0.25, 0.3) is 11.6 Å². The zero-order valence-electron chi connectivity index (χ0n) is 14.4. The van der Waals surface area contributed by atoms with Gasteiger partial charge < -0.3 is 16.0 Å². The summed E-state index contributed by atoms with van der Waals surface area (Å²) >= 11 is 0. The van der Waals surface area contributed by atoms with Gasteiger partial charge in [-0.25, -0.2) is 0 Å². The molecule has 1 heterocycles. The third-order valence-electron chi connectivity index (χ3n) is 5.21. The summed E-state index contributed by atoms with van der Waals surface area (Å²) in [6.45, 7) is 2.03. The zero-order valence-corrected chi connectivity index (χ0v) is 14.4. The number of amides is 1. The molecule has 1 aliphatic carbocycles. The highest BCUT2D eigenvalue weighted by Crippen LogP contribution is 2.20. The lowest BCUT2D eigenvalue weighted by Crippen LogP contribution is -2.53. The normalized spacial score (nSPS) is 26.3. The summed E-state index contributed by atoms with van der Waals surface area (Å²) in [5.74, 6) is -0.160. The van der Waals surface area contributed by atoms with Crippen LogP contribution in [0.5, 0.6) is 0 Å². The van der Waals surface area contributed by atoms with Crippen LogP contribution < -0.4 is 16.0 Å². The second-order valence-electron chi connectivity index (χ2n) is 6.98. The van der Waals surface area contributed by atoms with Gasteiger partial charge in [-0.05, 0) is 44.4 Å². The maximum absolute atomic E-state index is 12.5. The number of nitrogens with one attached hydrogen (secondary N) is 3. The number of rotatable bonds is 6. The number of hydrogen-bond donors (Lipinski definition) is 3. The number of non-ortho nitro benzene ring substituents is 1. The third-order valence-corrected chi connectivity index (χ3v) is 5.21.